The molecule has 78 valence electrons. The highest BCUT2D eigenvalue weighted by atomic mass is 32.1. The fourth-order valence-corrected chi connectivity index (χ4v) is 1.79. The fourth-order valence-electron chi connectivity index (χ4n) is 1.02. The van der Waals surface area contributed by atoms with Gasteiger partial charge in [0.1, 0.15) is 5.01 Å². The van der Waals surface area contributed by atoms with Gasteiger partial charge in [0.15, 0.2) is 5.78 Å². The maximum Gasteiger partial charge on any atom is 0.159 e. The quantitative estimate of drug-likeness (QED) is 0.826. The minimum absolute atomic E-state index is 0.0642. The summed E-state index contributed by atoms with van der Waals surface area (Å²) >= 11 is 1.52. The Morgan fingerprint density at radius 2 is 2.36 bits per heavy atom. The van der Waals surface area contributed by atoms with Gasteiger partial charge >= 0.3 is 0 Å². The molecule has 0 spiro atoms. The summed E-state index contributed by atoms with van der Waals surface area (Å²) in [5, 5.41) is 2.81. The summed E-state index contributed by atoms with van der Waals surface area (Å²) in [5.74, 6) is 0.0642. The van der Waals surface area contributed by atoms with Crippen LogP contribution in [0.5, 0.6) is 0 Å². The largest absolute Gasteiger partial charge is 0.319 e. The van der Waals surface area contributed by atoms with Gasteiger partial charge in [0.05, 0.1) is 12.0 Å². The topological polar surface area (TPSA) is 56.0 Å². The van der Waals surface area contributed by atoms with Crippen LogP contribution in [-0.4, -0.2) is 16.3 Å². The monoisotopic (exact) mass is 212 g/mol. The molecular formula is C10H16N2OS. The number of thiazole rings is 1. The van der Waals surface area contributed by atoms with Gasteiger partial charge in [-0.2, -0.15) is 0 Å². The SMILES string of the molecule is CCC(C)(N)C(=O)Cc1nc(C)cs1. The molecule has 0 aromatic carbocycles. The molecular weight excluding hydrogens is 196 g/mol. The first-order chi connectivity index (χ1) is 6.45. The average Bonchev–Trinajstić information content (AvgIpc) is 2.51. The van der Waals surface area contributed by atoms with Gasteiger partial charge in [-0.05, 0) is 20.3 Å². The van der Waals surface area contributed by atoms with Crippen molar-refractivity contribution in [2.24, 2.45) is 5.73 Å². The van der Waals surface area contributed by atoms with Gasteiger partial charge in [-0.25, -0.2) is 4.98 Å². The molecule has 14 heavy (non-hydrogen) atoms. The number of rotatable bonds is 4. The summed E-state index contributed by atoms with van der Waals surface area (Å²) in [6.07, 6.45) is 1.02. The van der Waals surface area contributed by atoms with E-state index in [4.69, 9.17) is 5.73 Å². The Balaban J connectivity index is 2.66. The van der Waals surface area contributed by atoms with Crippen molar-refractivity contribution in [1.82, 2.24) is 4.98 Å². The van der Waals surface area contributed by atoms with Crippen molar-refractivity contribution in [2.75, 3.05) is 0 Å². The molecule has 0 aliphatic rings. The summed E-state index contributed by atoms with van der Waals surface area (Å²) in [5.41, 5.74) is 6.10. The normalized spacial score (nSPS) is 15.1. The molecule has 0 aliphatic carbocycles. The molecule has 2 N–H and O–H groups in total. The number of carbonyl (C=O) groups excluding carboxylic acids is 1. The minimum Gasteiger partial charge on any atom is -0.319 e. The van der Waals surface area contributed by atoms with E-state index in [9.17, 15) is 4.79 Å². The van der Waals surface area contributed by atoms with Gasteiger partial charge in [0.25, 0.3) is 0 Å². The van der Waals surface area contributed by atoms with E-state index in [1.807, 2.05) is 19.2 Å². The number of hydrogen-bond acceptors (Lipinski definition) is 4. The van der Waals surface area contributed by atoms with Crippen molar-refractivity contribution in [3.8, 4) is 0 Å². The van der Waals surface area contributed by atoms with Gasteiger partial charge in [-0.3, -0.25) is 4.79 Å². The highest BCUT2D eigenvalue weighted by Gasteiger charge is 2.26. The third kappa shape index (κ3) is 2.62. The van der Waals surface area contributed by atoms with Crippen LogP contribution in [0.25, 0.3) is 0 Å². The van der Waals surface area contributed by atoms with Gasteiger partial charge in [-0.1, -0.05) is 6.92 Å². The van der Waals surface area contributed by atoms with Crippen molar-refractivity contribution in [3.63, 3.8) is 0 Å². The smallest absolute Gasteiger partial charge is 0.159 e. The van der Waals surface area contributed by atoms with Crippen LogP contribution in [0.1, 0.15) is 31.0 Å². The highest BCUT2D eigenvalue weighted by molar-refractivity contribution is 7.09. The van der Waals surface area contributed by atoms with E-state index in [2.05, 4.69) is 4.98 Å². The van der Waals surface area contributed by atoms with Crippen molar-refractivity contribution >= 4 is 17.1 Å². The third-order valence-electron chi connectivity index (χ3n) is 2.35. The van der Waals surface area contributed by atoms with Gasteiger partial charge in [-0.15, -0.1) is 11.3 Å². The Kier molecular flexibility index (Phi) is 3.39. The molecule has 1 heterocycles. The molecule has 1 aromatic heterocycles. The Morgan fingerprint density at radius 1 is 1.71 bits per heavy atom. The Hall–Kier alpha value is -0.740. The van der Waals surface area contributed by atoms with Crippen molar-refractivity contribution in [2.45, 2.75) is 39.2 Å². The van der Waals surface area contributed by atoms with E-state index in [1.165, 1.54) is 11.3 Å². The van der Waals surface area contributed by atoms with Crippen LogP contribution in [0, 0.1) is 6.92 Å². The Morgan fingerprint density at radius 3 is 2.79 bits per heavy atom. The van der Waals surface area contributed by atoms with Crippen molar-refractivity contribution in [1.29, 1.82) is 0 Å². The number of Topliss-reactive ketones (excluding diaryl/α,β-unsaturated/α-hetero) is 1. The summed E-state index contributed by atoms with van der Waals surface area (Å²) in [6.45, 7) is 5.62. The average molecular weight is 212 g/mol. The molecule has 0 fully saturated rings. The van der Waals surface area contributed by atoms with Gasteiger partial charge < -0.3 is 5.73 Å². The van der Waals surface area contributed by atoms with Gasteiger partial charge in [0, 0.05) is 11.1 Å². The van der Waals surface area contributed by atoms with Crippen molar-refractivity contribution < 1.29 is 4.79 Å². The van der Waals surface area contributed by atoms with Crippen LogP contribution >= 0.6 is 11.3 Å². The van der Waals surface area contributed by atoms with E-state index in [0.717, 1.165) is 10.7 Å². The second-order valence-electron chi connectivity index (χ2n) is 3.75. The second kappa shape index (κ2) is 4.19. The zero-order valence-corrected chi connectivity index (χ0v) is 9.65. The predicted octanol–water partition coefficient (Wildman–Crippen LogP) is 1.69. The number of aromatic nitrogens is 1. The first-order valence-electron chi connectivity index (χ1n) is 4.69. The molecule has 0 aliphatic heterocycles. The molecule has 0 saturated carbocycles. The fraction of sp³-hybridized carbons (Fsp3) is 0.600. The zero-order chi connectivity index (χ0) is 10.8. The number of hydrogen-bond donors (Lipinski definition) is 1. The second-order valence-corrected chi connectivity index (χ2v) is 4.70. The molecule has 3 nitrogen and oxygen atoms in total. The summed E-state index contributed by atoms with van der Waals surface area (Å²) < 4.78 is 0. The van der Waals surface area contributed by atoms with E-state index >= 15 is 0 Å². The molecule has 1 atom stereocenters. The van der Waals surface area contributed by atoms with E-state index in [-0.39, 0.29) is 5.78 Å². The van der Waals surface area contributed by atoms with Crippen LogP contribution in [-0.2, 0) is 11.2 Å². The Labute approximate surface area is 88.3 Å². The number of nitrogens with zero attached hydrogens (tertiary/aromatic N) is 1. The molecule has 4 heteroatoms. The van der Waals surface area contributed by atoms with E-state index in [0.29, 0.717) is 12.8 Å². The molecule has 1 aromatic rings. The third-order valence-corrected chi connectivity index (χ3v) is 3.32. The lowest BCUT2D eigenvalue weighted by Gasteiger charge is -2.19. The van der Waals surface area contributed by atoms with E-state index < -0.39 is 5.54 Å². The summed E-state index contributed by atoms with van der Waals surface area (Å²) in [6, 6.07) is 0. The first-order valence-corrected chi connectivity index (χ1v) is 5.57. The minimum atomic E-state index is -0.709. The Bertz CT molecular complexity index is 331. The van der Waals surface area contributed by atoms with Gasteiger partial charge in [0.2, 0.25) is 0 Å². The molecule has 1 rings (SSSR count). The summed E-state index contributed by atoms with van der Waals surface area (Å²) in [4.78, 5) is 16.0. The van der Waals surface area contributed by atoms with Crippen molar-refractivity contribution in [3.05, 3.63) is 16.1 Å². The zero-order valence-electron chi connectivity index (χ0n) is 8.83. The number of aryl methyl sites for hydroxylation is 1. The van der Waals surface area contributed by atoms with Crippen LogP contribution in [0.15, 0.2) is 5.38 Å². The number of nitrogens with two attached hydrogens (primary N) is 1. The molecule has 0 bridgehead atoms. The van der Waals surface area contributed by atoms with E-state index in [1.54, 1.807) is 6.92 Å². The maximum atomic E-state index is 11.7. The predicted molar refractivity (Wildman–Crippen MR) is 58.4 cm³/mol. The molecule has 0 amide bonds. The van der Waals surface area contributed by atoms with Crippen LogP contribution in [0.4, 0.5) is 0 Å². The lowest BCUT2D eigenvalue weighted by atomic mass is 9.93. The van der Waals surface area contributed by atoms with Crippen LogP contribution in [0.3, 0.4) is 0 Å². The summed E-state index contributed by atoms with van der Waals surface area (Å²) in [7, 11) is 0. The number of carbonyl (C=O) groups is 1. The molecule has 0 radical (unpaired) electrons. The van der Waals surface area contributed by atoms with Crippen LogP contribution < -0.4 is 5.73 Å². The lowest BCUT2D eigenvalue weighted by Crippen LogP contribution is -2.45. The molecule has 0 saturated heterocycles. The highest BCUT2D eigenvalue weighted by Crippen LogP contribution is 2.14. The lowest BCUT2D eigenvalue weighted by molar-refractivity contribution is -0.123. The first kappa shape index (κ1) is 11.3. The molecule has 1 unspecified atom stereocenters. The standard InChI is InChI=1S/C10H16N2OS/c1-4-10(3,11)8(13)5-9-12-7(2)6-14-9/h6H,4-5,11H2,1-3H3. The number of ketones is 1. The maximum absolute atomic E-state index is 11.7. The van der Waals surface area contributed by atoms with Crippen LogP contribution in [0.2, 0.25) is 0 Å².